The molecule has 2 rings (SSSR count). The van der Waals surface area contributed by atoms with E-state index in [1.165, 1.54) is 18.4 Å². The summed E-state index contributed by atoms with van der Waals surface area (Å²) in [6.07, 6.45) is 4.91. The Labute approximate surface area is 74.4 Å². The van der Waals surface area contributed by atoms with Crippen LogP contribution in [0.25, 0.3) is 0 Å². The molecule has 2 aliphatic heterocycles. The molecule has 0 saturated carbocycles. The Morgan fingerprint density at radius 1 is 1.42 bits per heavy atom. The van der Waals surface area contributed by atoms with Gasteiger partial charge in [-0.2, -0.15) is 0 Å². The van der Waals surface area contributed by atoms with Crippen molar-refractivity contribution < 1.29 is 0 Å². The van der Waals surface area contributed by atoms with Crippen molar-refractivity contribution in [2.45, 2.75) is 44.8 Å². The fourth-order valence-electron chi connectivity index (χ4n) is 2.34. The van der Waals surface area contributed by atoms with Gasteiger partial charge in [0.25, 0.3) is 0 Å². The van der Waals surface area contributed by atoms with Crippen molar-refractivity contribution in [2.75, 3.05) is 6.54 Å². The van der Waals surface area contributed by atoms with Crippen molar-refractivity contribution in [3.8, 4) is 0 Å². The maximum atomic E-state index is 3.65. The van der Waals surface area contributed by atoms with Crippen LogP contribution in [-0.4, -0.2) is 24.7 Å². The molecule has 2 N–H and O–H groups in total. The Balaban J connectivity index is 2.07. The molecule has 68 valence electrons. The first-order chi connectivity index (χ1) is 5.81. The first-order valence-corrected chi connectivity index (χ1v) is 4.93. The molecule has 0 aromatic heterocycles. The molecule has 2 fully saturated rings. The quantitative estimate of drug-likeness (QED) is 0.569. The zero-order chi connectivity index (χ0) is 8.55. The van der Waals surface area contributed by atoms with Crippen molar-refractivity contribution in [3.63, 3.8) is 0 Å². The predicted octanol–water partition coefficient (Wildman–Crippen LogP) is 1.04. The fraction of sp³-hybridized carbons (Fsp3) is 0.800. The number of nitrogens with one attached hydrogen (secondary N) is 2. The summed E-state index contributed by atoms with van der Waals surface area (Å²) in [6.45, 7) is 5.49. The lowest BCUT2D eigenvalue weighted by molar-refractivity contribution is 0.360. The number of allylic oxidation sites excluding steroid dienone is 1. The van der Waals surface area contributed by atoms with Crippen molar-refractivity contribution in [1.82, 2.24) is 10.6 Å². The van der Waals surface area contributed by atoms with Gasteiger partial charge >= 0.3 is 0 Å². The molecule has 2 saturated heterocycles. The molecule has 0 aliphatic carbocycles. The van der Waals surface area contributed by atoms with Gasteiger partial charge in [0.1, 0.15) is 0 Å². The number of piperazine rings is 1. The molecule has 0 aromatic rings. The van der Waals surface area contributed by atoms with Gasteiger partial charge in [-0.1, -0.05) is 11.6 Å². The Hall–Kier alpha value is -0.340. The minimum Gasteiger partial charge on any atom is -0.308 e. The summed E-state index contributed by atoms with van der Waals surface area (Å²) in [7, 11) is 0. The average Bonchev–Trinajstić information content (AvgIpc) is 2.47. The van der Waals surface area contributed by atoms with Crippen molar-refractivity contribution in [3.05, 3.63) is 11.6 Å². The molecule has 0 amide bonds. The van der Waals surface area contributed by atoms with Gasteiger partial charge < -0.3 is 10.6 Å². The summed E-state index contributed by atoms with van der Waals surface area (Å²) in [5.41, 5.74) is 1.48. The largest absolute Gasteiger partial charge is 0.308 e. The first kappa shape index (κ1) is 8.27. The van der Waals surface area contributed by atoms with E-state index in [0.717, 1.165) is 12.6 Å². The van der Waals surface area contributed by atoms with E-state index < -0.39 is 0 Å². The van der Waals surface area contributed by atoms with Crippen LogP contribution in [0.1, 0.15) is 26.7 Å². The van der Waals surface area contributed by atoms with Crippen molar-refractivity contribution in [2.24, 2.45) is 0 Å². The fourth-order valence-corrected chi connectivity index (χ4v) is 2.34. The highest BCUT2D eigenvalue weighted by molar-refractivity contribution is 5.15. The van der Waals surface area contributed by atoms with Crippen LogP contribution in [-0.2, 0) is 0 Å². The Kier molecular flexibility index (Phi) is 2.20. The van der Waals surface area contributed by atoms with Crippen LogP contribution in [0.5, 0.6) is 0 Å². The van der Waals surface area contributed by atoms with Crippen LogP contribution in [0.2, 0.25) is 0 Å². The number of hydrogen-bond acceptors (Lipinski definition) is 2. The zero-order valence-electron chi connectivity index (χ0n) is 7.93. The van der Waals surface area contributed by atoms with Gasteiger partial charge in [-0.3, -0.25) is 0 Å². The minimum absolute atomic E-state index is 0.591. The lowest BCUT2D eigenvalue weighted by Gasteiger charge is -2.32. The molecule has 2 nitrogen and oxygen atoms in total. The number of fused-ring (bicyclic) bond motifs is 2. The lowest BCUT2D eigenvalue weighted by Crippen LogP contribution is -2.56. The van der Waals surface area contributed by atoms with E-state index in [4.69, 9.17) is 0 Å². The maximum Gasteiger partial charge on any atom is 0.0432 e. The van der Waals surface area contributed by atoms with Gasteiger partial charge in [0.2, 0.25) is 0 Å². The second-order valence-electron chi connectivity index (χ2n) is 3.97. The molecule has 2 aliphatic rings. The minimum atomic E-state index is 0.591. The molecular formula is C10H18N2. The van der Waals surface area contributed by atoms with Gasteiger partial charge in [-0.05, 0) is 26.7 Å². The normalized spacial score (nSPS) is 41.8. The average molecular weight is 166 g/mol. The lowest BCUT2D eigenvalue weighted by atomic mass is 9.99. The van der Waals surface area contributed by atoms with Crippen LogP contribution < -0.4 is 10.6 Å². The number of rotatable bonds is 1. The van der Waals surface area contributed by atoms with Gasteiger partial charge in [-0.15, -0.1) is 0 Å². The third-order valence-electron chi connectivity index (χ3n) is 3.21. The van der Waals surface area contributed by atoms with Crippen LogP contribution in [0, 0.1) is 0 Å². The molecular weight excluding hydrogens is 148 g/mol. The Morgan fingerprint density at radius 2 is 2.25 bits per heavy atom. The molecule has 2 heteroatoms. The van der Waals surface area contributed by atoms with Crippen molar-refractivity contribution in [1.29, 1.82) is 0 Å². The molecule has 2 bridgehead atoms. The van der Waals surface area contributed by atoms with E-state index in [2.05, 4.69) is 30.6 Å². The second kappa shape index (κ2) is 3.19. The van der Waals surface area contributed by atoms with Gasteiger partial charge in [0, 0.05) is 24.7 Å². The molecule has 0 spiro atoms. The van der Waals surface area contributed by atoms with E-state index in [1.807, 2.05) is 0 Å². The standard InChI is InChI=1S/C10H18N2/c1-3-7(2)10-9-5-4-8(12-9)6-11-10/h3,8-12H,4-6H2,1-2H3/b7-3+/t8-,9+,10+/m1/s1. The predicted molar refractivity (Wildman–Crippen MR) is 51.2 cm³/mol. The van der Waals surface area contributed by atoms with Crippen LogP contribution in [0.15, 0.2) is 11.6 Å². The molecule has 12 heavy (non-hydrogen) atoms. The molecule has 3 atom stereocenters. The van der Waals surface area contributed by atoms with E-state index in [9.17, 15) is 0 Å². The summed E-state index contributed by atoms with van der Waals surface area (Å²) in [5.74, 6) is 0. The highest BCUT2D eigenvalue weighted by Crippen LogP contribution is 2.22. The molecule has 0 aromatic carbocycles. The van der Waals surface area contributed by atoms with E-state index in [-0.39, 0.29) is 0 Å². The van der Waals surface area contributed by atoms with Crippen LogP contribution in [0.3, 0.4) is 0 Å². The second-order valence-corrected chi connectivity index (χ2v) is 3.97. The summed E-state index contributed by atoms with van der Waals surface area (Å²) in [5, 5.41) is 7.25. The smallest absolute Gasteiger partial charge is 0.0432 e. The number of hydrogen-bond donors (Lipinski definition) is 2. The van der Waals surface area contributed by atoms with Crippen molar-refractivity contribution >= 4 is 0 Å². The third kappa shape index (κ3) is 1.29. The van der Waals surface area contributed by atoms with Crippen LogP contribution in [0.4, 0.5) is 0 Å². The van der Waals surface area contributed by atoms with Crippen LogP contribution >= 0.6 is 0 Å². The Morgan fingerprint density at radius 3 is 3.00 bits per heavy atom. The summed E-state index contributed by atoms with van der Waals surface area (Å²) >= 11 is 0. The van der Waals surface area contributed by atoms with E-state index >= 15 is 0 Å². The van der Waals surface area contributed by atoms with Gasteiger partial charge in [0.05, 0.1) is 0 Å². The highest BCUT2D eigenvalue weighted by atomic mass is 15.1. The molecule has 2 heterocycles. The highest BCUT2D eigenvalue weighted by Gasteiger charge is 2.34. The van der Waals surface area contributed by atoms with E-state index in [1.54, 1.807) is 0 Å². The maximum absolute atomic E-state index is 3.65. The zero-order valence-corrected chi connectivity index (χ0v) is 7.93. The summed E-state index contributed by atoms with van der Waals surface area (Å²) in [6, 6.07) is 2.03. The van der Waals surface area contributed by atoms with Gasteiger partial charge in [0.15, 0.2) is 0 Å². The van der Waals surface area contributed by atoms with E-state index in [0.29, 0.717) is 12.1 Å². The molecule has 0 unspecified atom stereocenters. The summed E-state index contributed by atoms with van der Waals surface area (Å²) in [4.78, 5) is 0. The summed E-state index contributed by atoms with van der Waals surface area (Å²) < 4.78 is 0. The first-order valence-electron chi connectivity index (χ1n) is 4.93. The van der Waals surface area contributed by atoms with Gasteiger partial charge in [-0.25, -0.2) is 0 Å². The topological polar surface area (TPSA) is 24.1 Å². The monoisotopic (exact) mass is 166 g/mol. The Bertz CT molecular complexity index is 198. The molecule has 0 radical (unpaired) electrons. The third-order valence-corrected chi connectivity index (χ3v) is 3.21. The SMILES string of the molecule is C/C=C(\C)[C@@H]1NC[C@H]2CC[C@@H]1N2.